The van der Waals surface area contributed by atoms with Gasteiger partial charge < -0.3 is 35.5 Å². The van der Waals surface area contributed by atoms with Gasteiger partial charge in [-0.05, 0) is 68.2 Å². The van der Waals surface area contributed by atoms with Gasteiger partial charge in [0.25, 0.3) is 29.5 Å². The Labute approximate surface area is 393 Å². The van der Waals surface area contributed by atoms with Crippen LogP contribution in [0.1, 0.15) is 126 Å². The van der Waals surface area contributed by atoms with Gasteiger partial charge >= 0.3 is 0 Å². The van der Waals surface area contributed by atoms with E-state index in [-0.39, 0.29) is 117 Å². The molecule has 4 N–H and O–H groups in total. The Morgan fingerprint density at radius 2 is 1.49 bits per heavy atom. The van der Waals surface area contributed by atoms with E-state index in [2.05, 4.69) is 31.2 Å². The summed E-state index contributed by atoms with van der Waals surface area (Å²) in [5, 5.41) is 11.4. The normalized spacial score (nSPS) is 17.6. The fourth-order valence-electron chi connectivity index (χ4n) is 9.16. The Hall–Kier alpha value is -6.73. The lowest BCUT2D eigenvalue weighted by Crippen LogP contribution is -2.58. The molecule has 1 atom stereocenters. The van der Waals surface area contributed by atoms with Crippen molar-refractivity contribution in [2.45, 2.75) is 114 Å². The molecule has 1 unspecified atom stereocenters. The maximum absolute atomic E-state index is 13.9. The lowest BCUT2D eigenvalue weighted by molar-refractivity contribution is -0.133. The monoisotopic (exact) mass is 935 g/mol. The van der Waals surface area contributed by atoms with Gasteiger partial charge in [-0.25, -0.2) is 9.97 Å². The van der Waals surface area contributed by atoms with Crippen molar-refractivity contribution in [3.05, 3.63) is 82.8 Å². The van der Waals surface area contributed by atoms with Crippen LogP contribution in [0.2, 0.25) is 0 Å². The first kappa shape index (κ1) is 49.2. The number of nitrogens with zero attached hydrogens (tertiary/aromatic N) is 3. The average Bonchev–Trinajstić information content (AvgIpc) is 3.85. The Morgan fingerprint density at radius 1 is 0.765 bits per heavy atom. The summed E-state index contributed by atoms with van der Waals surface area (Å²) in [5.41, 5.74) is 1.22. The number of amides is 6. The number of carbonyl (C=O) groups excluding carboxylic acids is 9. The van der Waals surface area contributed by atoms with E-state index in [9.17, 15) is 43.2 Å². The molecule has 2 aromatic carbocycles. The van der Waals surface area contributed by atoms with E-state index in [0.29, 0.717) is 45.1 Å². The number of hydrogen-bond donors (Lipinski definition) is 4. The standard InChI is InChI=1S/C49H57N7O12/c57-34(12-8-23-66-25-26-67-24-22-50-41(61)30-68-39-14-7-13-36-42(39)47(64)56(46(36)63)37-17-16-35(58)29-38(37)59)11-6-15-40(60)55-49(18-4-1-5-19-49)48(65)54-44-43(51-20-21-52-44)45(62)53-33-27-31-9-2-3-10-32(31)28-33/h2-3,7,9-10,13-14,20-21,33,37H,1,4-6,8,11-12,15-19,22-30H2,(H,50,61)(H,53,62)(H,55,60)(H,52,54,65). The Bertz CT molecular complexity index is 2390. The summed E-state index contributed by atoms with van der Waals surface area (Å²) in [6, 6.07) is 11.3. The van der Waals surface area contributed by atoms with Crippen LogP contribution in [0.15, 0.2) is 54.9 Å². The second-order valence-corrected chi connectivity index (χ2v) is 17.5. The van der Waals surface area contributed by atoms with E-state index in [0.717, 1.165) is 24.2 Å². The lowest BCUT2D eigenvalue weighted by Gasteiger charge is -2.36. The Balaban J connectivity index is 0.731. The molecule has 360 valence electrons. The first-order chi connectivity index (χ1) is 32.9. The molecule has 2 saturated carbocycles. The van der Waals surface area contributed by atoms with Crippen molar-refractivity contribution in [2.75, 3.05) is 44.9 Å². The van der Waals surface area contributed by atoms with Crippen LogP contribution in [-0.4, -0.2) is 125 Å². The van der Waals surface area contributed by atoms with Crippen molar-refractivity contribution in [3.63, 3.8) is 0 Å². The predicted molar refractivity (Wildman–Crippen MR) is 243 cm³/mol. The number of nitrogens with one attached hydrogen (secondary N) is 4. The molecule has 0 radical (unpaired) electrons. The van der Waals surface area contributed by atoms with Gasteiger partial charge in [0.2, 0.25) is 5.91 Å². The summed E-state index contributed by atoms with van der Waals surface area (Å²) in [4.78, 5) is 125. The number of imide groups is 1. The van der Waals surface area contributed by atoms with Gasteiger partial charge in [0.1, 0.15) is 22.9 Å². The zero-order valence-electron chi connectivity index (χ0n) is 37.9. The summed E-state index contributed by atoms with van der Waals surface area (Å²) in [6.07, 6.45) is 8.65. The van der Waals surface area contributed by atoms with Gasteiger partial charge in [-0.1, -0.05) is 49.6 Å². The van der Waals surface area contributed by atoms with Crippen molar-refractivity contribution in [1.82, 2.24) is 30.8 Å². The van der Waals surface area contributed by atoms with E-state index in [1.165, 1.54) is 41.7 Å². The minimum absolute atomic E-state index is 0.00352. The predicted octanol–water partition coefficient (Wildman–Crippen LogP) is 3.17. The molecule has 19 heteroatoms. The van der Waals surface area contributed by atoms with Crippen molar-refractivity contribution in [2.24, 2.45) is 0 Å². The molecular weight excluding hydrogens is 879 g/mol. The summed E-state index contributed by atoms with van der Waals surface area (Å²) < 4.78 is 16.7. The van der Waals surface area contributed by atoms with Gasteiger partial charge in [-0.15, -0.1) is 0 Å². The molecule has 19 nitrogen and oxygen atoms in total. The second-order valence-electron chi connectivity index (χ2n) is 17.5. The van der Waals surface area contributed by atoms with Crippen molar-refractivity contribution in [1.29, 1.82) is 0 Å². The fraction of sp³-hybridized carbons (Fsp3) is 0.490. The number of Topliss-reactive ketones (excluding diaryl/α,β-unsaturated/α-hetero) is 3. The van der Waals surface area contributed by atoms with Crippen molar-refractivity contribution in [3.8, 4) is 5.75 Å². The van der Waals surface area contributed by atoms with Crippen LogP contribution in [0.5, 0.6) is 5.75 Å². The number of carbonyl (C=O) groups is 9. The highest BCUT2D eigenvalue weighted by Gasteiger charge is 2.46. The van der Waals surface area contributed by atoms with Crippen LogP contribution in [0.25, 0.3) is 0 Å². The number of rotatable bonds is 23. The highest BCUT2D eigenvalue weighted by atomic mass is 16.5. The first-order valence-electron chi connectivity index (χ1n) is 23.4. The molecule has 7 rings (SSSR count). The quantitative estimate of drug-likeness (QED) is 0.0606. The van der Waals surface area contributed by atoms with Crippen molar-refractivity contribution < 1.29 is 57.4 Å². The molecular formula is C49H57N7O12. The van der Waals surface area contributed by atoms with Crippen LogP contribution in [0.4, 0.5) is 5.82 Å². The highest BCUT2D eigenvalue weighted by Crippen LogP contribution is 2.35. The summed E-state index contributed by atoms with van der Waals surface area (Å²) >= 11 is 0. The zero-order valence-corrected chi connectivity index (χ0v) is 37.9. The minimum atomic E-state index is -1.19. The number of anilines is 1. The van der Waals surface area contributed by atoms with Gasteiger partial charge in [0.15, 0.2) is 23.9 Å². The molecule has 2 fully saturated rings. The molecule has 0 saturated heterocycles. The molecule has 0 bridgehead atoms. The van der Waals surface area contributed by atoms with E-state index in [4.69, 9.17) is 14.2 Å². The zero-order chi connectivity index (χ0) is 48.0. The molecule has 68 heavy (non-hydrogen) atoms. The molecule has 4 aliphatic rings. The molecule has 1 aromatic heterocycles. The van der Waals surface area contributed by atoms with Crippen molar-refractivity contribution >= 4 is 58.6 Å². The summed E-state index contributed by atoms with van der Waals surface area (Å²) in [6.45, 7) is 0.775. The molecule has 2 heterocycles. The minimum Gasteiger partial charge on any atom is -0.483 e. The van der Waals surface area contributed by atoms with Crippen LogP contribution in [-0.2, 0) is 51.1 Å². The number of aromatic nitrogens is 2. The maximum atomic E-state index is 13.9. The van der Waals surface area contributed by atoms with Crippen LogP contribution >= 0.6 is 0 Å². The van der Waals surface area contributed by atoms with Gasteiger partial charge in [0, 0.05) is 57.3 Å². The molecule has 1 aliphatic heterocycles. The largest absolute Gasteiger partial charge is 0.483 e. The number of hydrogen-bond acceptors (Lipinski definition) is 14. The molecule has 0 spiro atoms. The van der Waals surface area contributed by atoms with Crippen LogP contribution in [0.3, 0.4) is 0 Å². The summed E-state index contributed by atoms with van der Waals surface area (Å²) in [7, 11) is 0. The number of ketones is 3. The Kier molecular flexibility index (Phi) is 16.9. The topological polar surface area (TPSA) is 258 Å². The molecule has 3 aromatic rings. The second kappa shape index (κ2) is 23.3. The van der Waals surface area contributed by atoms with Crippen LogP contribution < -0.4 is 26.0 Å². The SMILES string of the molecule is O=C(CCCOCCOCCNC(=O)COc1cccc2c1C(=O)N(C1CCC(=O)CC1=O)C2=O)CCCC(=O)NC1(C(=O)Nc2nccnc2C(=O)NC2Cc3ccccc3C2)CCCCC1. The van der Waals surface area contributed by atoms with E-state index < -0.39 is 53.5 Å². The fourth-order valence-corrected chi connectivity index (χ4v) is 9.16. The van der Waals surface area contributed by atoms with Gasteiger partial charge in [0.05, 0.1) is 43.4 Å². The third-order valence-electron chi connectivity index (χ3n) is 12.6. The lowest BCUT2D eigenvalue weighted by atomic mass is 9.80. The third kappa shape index (κ3) is 12.4. The number of benzene rings is 2. The van der Waals surface area contributed by atoms with Crippen LogP contribution in [0, 0.1) is 0 Å². The highest BCUT2D eigenvalue weighted by molar-refractivity contribution is 6.24. The number of fused-ring (bicyclic) bond motifs is 2. The van der Waals surface area contributed by atoms with E-state index >= 15 is 0 Å². The Morgan fingerprint density at radius 3 is 2.24 bits per heavy atom. The first-order valence-corrected chi connectivity index (χ1v) is 23.4. The molecule has 3 aliphatic carbocycles. The maximum Gasteiger partial charge on any atom is 0.273 e. The summed E-state index contributed by atoms with van der Waals surface area (Å²) in [5.74, 6) is -3.71. The van der Waals surface area contributed by atoms with Gasteiger partial charge in [-0.2, -0.15) is 0 Å². The number of ether oxygens (including phenoxy) is 3. The average molecular weight is 936 g/mol. The smallest absolute Gasteiger partial charge is 0.273 e. The van der Waals surface area contributed by atoms with E-state index in [1.54, 1.807) is 0 Å². The van der Waals surface area contributed by atoms with Gasteiger partial charge in [-0.3, -0.25) is 48.1 Å². The molecule has 6 amide bonds. The van der Waals surface area contributed by atoms with E-state index in [1.807, 2.05) is 24.3 Å². The third-order valence-corrected chi connectivity index (χ3v) is 12.6.